The molecule has 0 aliphatic rings. The molecule has 0 unspecified atom stereocenters. The van der Waals surface area contributed by atoms with Gasteiger partial charge in [0.25, 0.3) is 0 Å². The van der Waals surface area contributed by atoms with E-state index in [0.717, 1.165) is 5.56 Å². The van der Waals surface area contributed by atoms with Crippen molar-refractivity contribution < 1.29 is 23.1 Å². The van der Waals surface area contributed by atoms with Crippen molar-refractivity contribution in [2.24, 2.45) is 0 Å². The van der Waals surface area contributed by atoms with E-state index in [1.54, 1.807) is 60.7 Å². The summed E-state index contributed by atoms with van der Waals surface area (Å²) in [6.07, 6.45) is 0. The molecule has 5 nitrogen and oxygen atoms in total. The summed E-state index contributed by atoms with van der Waals surface area (Å²) in [5, 5.41) is 9.38. The van der Waals surface area contributed by atoms with E-state index >= 15 is 0 Å². The zero-order valence-electron chi connectivity index (χ0n) is 19.7. The first kappa shape index (κ1) is 24.2. The molecule has 0 saturated carbocycles. The minimum absolute atomic E-state index is 0.0572. The summed E-state index contributed by atoms with van der Waals surface area (Å²) in [4.78, 5) is 13.0. The van der Waals surface area contributed by atoms with E-state index in [2.05, 4.69) is 20.8 Å². The second-order valence-corrected chi connectivity index (χ2v) is 11.2. The van der Waals surface area contributed by atoms with Crippen LogP contribution < -0.4 is 4.74 Å². The Kier molecular flexibility index (Phi) is 6.50. The number of hydrogen-bond acceptors (Lipinski definition) is 5. The van der Waals surface area contributed by atoms with Gasteiger partial charge in [-0.05, 0) is 95.9 Å². The molecular formula is C29H26O5S. The molecule has 0 spiro atoms. The van der Waals surface area contributed by atoms with Gasteiger partial charge in [0.2, 0.25) is 9.84 Å². The summed E-state index contributed by atoms with van der Waals surface area (Å²) in [5.41, 5.74) is 1.97. The first-order valence-corrected chi connectivity index (χ1v) is 12.6. The van der Waals surface area contributed by atoms with Crippen molar-refractivity contribution in [2.75, 3.05) is 0 Å². The molecule has 0 aliphatic carbocycles. The summed E-state index contributed by atoms with van der Waals surface area (Å²) in [6, 6.07) is 26.0. The van der Waals surface area contributed by atoms with Gasteiger partial charge in [0.15, 0.2) is 5.78 Å². The average molecular weight is 487 g/mol. The summed E-state index contributed by atoms with van der Waals surface area (Å²) in [5.74, 6) is 0.925. The van der Waals surface area contributed by atoms with Crippen LogP contribution in [0.2, 0.25) is 0 Å². The van der Waals surface area contributed by atoms with Gasteiger partial charge in [0, 0.05) is 11.1 Å². The zero-order valence-corrected chi connectivity index (χ0v) is 20.5. The smallest absolute Gasteiger partial charge is 0.206 e. The predicted octanol–water partition coefficient (Wildman–Crippen LogP) is 6.55. The fraction of sp³-hybridized carbons (Fsp3) is 0.138. The van der Waals surface area contributed by atoms with Crippen molar-refractivity contribution in [1.29, 1.82) is 0 Å². The first-order chi connectivity index (χ1) is 16.5. The van der Waals surface area contributed by atoms with Gasteiger partial charge in [0.1, 0.15) is 17.2 Å². The standard InChI is InChI=1S/C29H26O5S/c1-29(2,3)22-8-16-26(17-9-22)35(32,33)27-18-14-25(15-19-27)34-24-12-6-21(7-13-24)28(31)20-4-10-23(30)11-5-20/h4-19,30H,1-3H3. The van der Waals surface area contributed by atoms with Gasteiger partial charge in [-0.15, -0.1) is 0 Å². The molecule has 0 fully saturated rings. The number of phenols is 1. The molecule has 178 valence electrons. The first-order valence-electron chi connectivity index (χ1n) is 11.1. The monoisotopic (exact) mass is 486 g/mol. The maximum Gasteiger partial charge on any atom is 0.206 e. The second-order valence-electron chi connectivity index (χ2n) is 9.25. The van der Waals surface area contributed by atoms with E-state index in [4.69, 9.17) is 4.74 Å². The second kappa shape index (κ2) is 9.39. The molecule has 0 aromatic heterocycles. The molecule has 0 aliphatic heterocycles. The average Bonchev–Trinajstić information content (AvgIpc) is 2.84. The van der Waals surface area contributed by atoms with Crippen LogP contribution in [0.4, 0.5) is 0 Å². The predicted molar refractivity (Wildman–Crippen MR) is 135 cm³/mol. The molecule has 0 amide bonds. The van der Waals surface area contributed by atoms with Crippen molar-refractivity contribution in [3.8, 4) is 17.2 Å². The fourth-order valence-corrected chi connectivity index (χ4v) is 4.81. The van der Waals surface area contributed by atoms with E-state index < -0.39 is 9.84 Å². The lowest BCUT2D eigenvalue weighted by Gasteiger charge is -2.19. The molecule has 6 heteroatoms. The zero-order chi connectivity index (χ0) is 25.2. The van der Waals surface area contributed by atoms with Gasteiger partial charge in [0.05, 0.1) is 9.79 Å². The summed E-state index contributed by atoms with van der Waals surface area (Å²) < 4.78 is 31.9. The topological polar surface area (TPSA) is 80.7 Å². The highest BCUT2D eigenvalue weighted by atomic mass is 32.2. The van der Waals surface area contributed by atoms with Crippen LogP contribution in [0.1, 0.15) is 42.3 Å². The normalized spacial score (nSPS) is 11.7. The Bertz CT molecular complexity index is 1430. The van der Waals surface area contributed by atoms with Crippen LogP contribution in [-0.4, -0.2) is 19.3 Å². The van der Waals surface area contributed by atoms with E-state index in [9.17, 15) is 18.3 Å². The molecule has 4 aromatic carbocycles. The van der Waals surface area contributed by atoms with Crippen LogP contribution >= 0.6 is 0 Å². The van der Waals surface area contributed by atoms with Crippen molar-refractivity contribution >= 4 is 15.6 Å². The number of carbonyl (C=O) groups excluding carboxylic acids is 1. The molecule has 0 saturated heterocycles. The van der Waals surface area contributed by atoms with E-state index in [0.29, 0.717) is 22.6 Å². The maximum atomic E-state index is 13.0. The van der Waals surface area contributed by atoms with Crippen molar-refractivity contribution in [3.63, 3.8) is 0 Å². The Labute approximate surface area is 205 Å². The van der Waals surface area contributed by atoms with Crippen LogP contribution in [-0.2, 0) is 15.3 Å². The van der Waals surface area contributed by atoms with E-state index in [1.807, 2.05) is 12.1 Å². The number of aromatic hydroxyl groups is 1. The lowest BCUT2D eigenvalue weighted by atomic mass is 9.87. The third kappa shape index (κ3) is 5.44. The summed E-state index contributed by atoms with van der Waals surface area (Å²) >= 11 is 0. The maximum absolute atomic E-state index is 13.0. The van der Waals surface area contributed by atoms with Crippen molar-refractivity contribution in [3.05, 3.63) is 114 Å². The number of rotatable bonds is 6. The Hall–Kier alpha value is -3.90. The van der Waals surface area contributed by atoms with Gasteiger partial charge >= 0.3 is 0 Å². The molecule has 0 heterocycles. The number of carbonyl (C=O) groups is 1. The number of hydrogen-bond donors (Lipinski definition) is 1. The molecule has 0 radical (unpaired) electrons. The SMILES string of the molecule is CC(C)(C)c1ccc(S(=O)(=O)c2ccc(Oc3ccc(C(=O)c4ccc(O)cc4)cc3)cc2)cc1. The Morgan fingerprint density at radius 2 is 1.06 bits per heavy atom. The van der Waals surface area contributed by atoms with Gasteiger partial charge in [-0.25, -0.2) is 8.42 Å². The summed E-state index contributed by atoms with van der Waals surface area (Å²) in [7, 11) is -3.64. The Morgan fingerprint density at radius 1 is 0.657 bits per heavy atom. The Balaban J connectivity index is 1.46. The number of benzene rings is 4. The van der Waals surface area contributed by atoms with Crippen molar-refractivity contribution in [1.82, 2.24) is 0 Å². The van der Waals surface area contributed by atoms with Gasteiger partial charge in [-0.2, -0.15) is 0 Å². The van der Waals surface area contributed by atoms with Crippen LogP contribution in [0.5, 0.6) is 17.2 Å². The lowest BCUT2D eigenvalue weighted by molar-refractivity contribution is 0.103. The molecule has 4 aromatic rings. The van der Waals surface area contributed by atoms with E-state index in [-0.39, 0.29) is 26.7 Å². The largest absolute Gasteiger partial charge is 0.508 e. The summed E-state index contributed by atoms with van der Waals surface area (Å²) in [6.45, 7) is 6.24. The van der Waals surface area contributed by atoms with Gasteiger partial charge in [-0.1, -0.05) is 32.9 Å². The lowest BCUT2D eigenvalue weighted by Crippen LogP contribution is -2.11. The fourth-order valence-electron chi connectivity index (χ4n) is 3.55. The van der Waals surface area contributed by atoms with Crippen LogP contribution in [0.15, 0.2) is 107 Å². The van der Waals surface area contributed by atoms with Crippen LogP contribution in [0, 0.1) is 0 Å². The van der Waals surface area contributed by atoms with Gasteiger partial charge < -0.3 is 9.84 Å². The van der Waals surface area contributed by atoms with Crippen molar-refractivity contribution in [2.45, 2.75) is 36.0 Å². The minimum atomic E-state index is -3.64. The molecule has 0 bridgehead atoms. The minimum Gasteiger partial charge on any atom is -0.508 e. The molecule has 0 atom stereocenters. The number of ketones is 1. The third-order valence-corrected chi connectivity index (χ3v) is 7.43. The van der Waals surface area contributed by atoms with Gasteiger partial charge in [-0.3, -0.25) is 4.79 Å². The Morgan fingerprint density at radius 3 is 1.51 bits per heavy atom. The van der Waals surface area contributed by atoms with Crippen LogP contribution in [0.3, 0.4) is 0 Å². The highest BCUT2D eigenvalue weighted by molar-refractivity contribution is 7.91. The van der Waals surface area contributed by atoms with Crippen LogP contribution in [0.25, 0.3) is 0 Å². The number of sulfone groups is 1. The van der Waals surface area contributed by atoms with E-state index in [1.165, 1.54) is 24.3 Å². The molecular weight excluding hydrogens is 460 g/mol. The third-order valence-electron chi connectivity index (χ3n) is 5.65. The quantitative estimate of drug-likeness (QED) is 0.313. The highest BCUT2D eigenvalue weighted by Crippen LogP contribution is 2.29. The molecule has 35 heavy (non-hydrogen) atoms. The molecule has 1 N–H and O–H groups in total. The number of ether oxygens (including phenoxy) is 1. The highest BCUT2D eigenvalue weighted by Gasteiger charge is 2.20. The number of phenolic OH excluding ortho intramolecular Hbond substituents is 1. The molecule has 4 rings (SSSR count).